The minimum atomic E-state index is -0.156. The van der Waals surface area contributed by atoms with E-state index in [0.29, 0.717) is 30.0 Å². The fraction of sp³-hybridized carbons (Fsp3) is 0.192. The lowest BCUT2D eigenvalue weighted by atomic mass is 9.59. The predicted octanol–water partition coefficient (Wildman–Crippen LogP) is 4.66. The fourth-order valence-corrected chi connectivity index (χ4v) is 5.34. The van der Waals surface area contributed by atoms with Gasteiger partial charge in [0.25, 0.3) is 5.91 Å². The number of nitrogens with one attached hydrogen (secondary N) is 1. The van der Waals surface area contributed by atoms with Crippen molar-refractivity contribution in [3.63, 3.8) is 0 Å². The third-order valence-electron chi connectivity index (χ3n) is 6.63. The molecule has 3 aromatic carbocycles. The van der Waals surface area contributed by atoms with Crippen LogP contribution in [0.15, 0.2) is 79.0 Å². The average Bonchev–Trinajstić information content (AvgIpc) is 2.82. The van der Waals surface area contributed by atoms with Crippen molar-refractivity contribution in [3.05, 3.63) is 107 Å². The molecule has 1 amide bonds. The van der Waals surface area contributed by atoms with Gasteiger partial charge in [0.15, 0.2) is 0 Å². The molecule has 2 bridgehead atoms. The summed E-state index contributed by atoms with van der Waals surface area (Å²) in [5, 5.41) is 3.14. The molecule has 4 heteroatoms. The van der Waals surface area contributed by atoms with E-state index in [9.17, 15) is 4.79 Å². The number of hydrogen-bond donors (Lipinski definition) is 1. The Kier molecular flexibility index (Phi) is 3.91. The van der Waals surface area contributed by atoms with Crippen LogP contribution >= 0.6 is 0 Å². The Morgan fingerprint density at radius 2 is 1.43 bits per heavy atom. The van der Waals surface area contributed by atoms with Crippen molar-refractivity contribution >= 4 is 16.9 Å². The maximum atomic E-state index is 12.8. The number of benzene rings is 3. The topological polar surface area (TPSA) is 54.9 Å². The van der Waals surface area contributed by atoms with Crippen LogP contribution in [0, 0.1) is 5.92 Å². The fourth-order valence-electron chi connectivity index (χ4n) is 5.34. The van der Waals surface area contributed by atoms with Crippen LogP contribution < -0.4 is 5.32 Å². The van der Waals surface area contributed by atoms with Gasteiger partial charge in [0, 0.05) is 18.4 Å². The number of rotatable bonds is 3. The maximum absolute atomic E-state index is 12.8. The van der Waals surface area contributed by atoms with Crippen molar-refractivity contribution in [2.24, 2.45) is 5.92 Å². The molecular weight excluding hydrogens is 370 g/mol. The number of nitrogens with zero attached hydrogens (tertiary/aromatic N) is 2. The van der Waals surface area contributed by atoms with Gasteiger partial charge < -0.3 is 5.32 Å². The van der Waals surface area contributed by atoms with Gasteiger partial charge in [-0.3, -0.25) is 9.78 Å². The lowest BCUT2D eigenvalue weighted by Gasteiger charge is -2.45. The highest BCUT2D eigenvalue weighted by molar-refractivity contribution is 5.93. The minimum Gasteiger partial charge on any atom is -0.350 e. The van der Waals surface area contributed by atoms with E-state index >= 15 is 0 Å². The molecule has 3 aliphatic carbocycles. The van der Waals surface area contributed by atoms with Gasteiger partial charge in [-0.1, -0.05) is 60.7 Å². The third-order valence-corrected chi connectivity index (χ3v) is 6.63. The Bertz CT molecular complexity index is 1230. The third kappa shape index (κ3) is 2.64. The number of para-hydroxylation sites is 2. The standard InChI is InChI=1S/C26H21N3O/c30-26(24-15-27-22-11-5-6-12-23(22)29-24)28-14-16-13-21-17-7-1-3-9-19(17)25(16)20-10-4-2-8-18(20)21/h1-12,15-16,21,25H,13-14H2,(H,28,30). The largest absolute Gasteiger partial charge is 0.350 e. The summed E-state index contributed by atoms with van der Waals surface area (Å²) in [6.07, 6.45) is 2.62. The van der Waals surface area contributed by atoms with Gasteiger partial charge in [-0.2, -0.15) is 0 Å². The molecule has 0 saturated heterocycles. The second kappa shape index (κ2) is 6.77. The van der Waals surface area contributed by atoms with Crippen molar-refractivity contribution in [1.29, 1.82) is 0 Å². The van der Waals surface area contributed by atoms with Crippen molar-refractivity contribution in [3.8, 4) is 0 Å². The number of fused-ring (bicyclic) bond motifs is 2. The first-order chi connectivity index (χ1) is 14.8. The van der Waals surface area contributed by atoms with E-state index in [1.165, 1.54) is 22.3 Å². The molecule has 0 spiro atoms. The smallest absolute Gasteiger partial charge is 0.271 e. The molecular formula is C26H21N3O. The van der Waals surface area contributed by atoms with E-state index < -0.39 is 0 Å². The summed E-state index contributed by atoms with van der Waals surface area (Å²) in [6, 6.07) is 25.2. The van der Waals surface area contributed by atoms with Gasteiger partial charge in [-0.15, -0.1) is 0 Å². The van der Waals surface area contributed by atoms with E-state index in [1.54, 1.807) is 6.20 Å². The van der Waals surface area contributed by atoms with Gasteiger partial charge in [0.1, 0.15) is 5.69 Å². The van der Waals surface area contributed by atoms with Crippen molar-refractivity contribution in [2.75, 3.05) is 6.54 Å². The Labute approximate surface area is 175 Å². The second-order valence-electron chi connectivity index (χ2n) is 8.24. The summed E-state index contributed by atoms with van der Waals surface area (Å²) in [6.45, 7) is 0.636. The van der Waals surface area contributed by atoms with Crippen LogP contribution in [0.2, 0.25) is 0 Å². The Morgan fingerprint density at radius 3 is 2.13 bits per heavy atom. The zero-order valence-electron chi connectivity index (χ0n) is 16.5. The van der Waals surface area contributed by atoms with Crippen LogP contribution in [0.3, 0.4) is 0 Å². The van der Waals surface area contributed by atoms with Gasteiger partial charge in [-0.25, -0.2) is 4.98 Å². The molecule has 30 heavy (non-hydrogen) atoms. The lowest BCUT2D eigenvalue weighted by Crippen LogP contribution is -2.39. The number of hydrogen-bond acceptors (Lipinski definition) is 3. The monoisotopic (exact) mass is 391 g/mol. The first kappa shape index (κ1) is 17.3. The van der Waals surface area contributed by atoms with Crippen molar-refractivity contribution in [1.82, 2.24) is 15.3 Å². The van der Waals surface area contributed by atoms with E-state index in [0.717, 1.165) is 17.5 Å². The molecule has 0 aliphatic heterocycles. The Balaban J connectivity index is 1.27. The highest BCUT2D eigenvalue weighted by Crippen LogP contribution is 2.55. The highest BCUT2D eigenvalue weighted by Gasteiger charge is 2.42. The molecule has 0 radical (unpaired) electrons. The number of carbonyl (C=O) groups is 1. The molecule has 7 rings (SSSR count). The SMILES string of the molecule is O=C(NCC1CC2c3ccccc3C1c1ccccc12)c1cnc2ccccc2n1. The zero-order valence-corrected chi connectivity index (χ0v) is 16.5. The maximum Gasteiger partial charge on any atom is 0.271 e. The van der Waals surface area contributed by atoms with E-state index in [-0.39, 0.29) is 5.91 Å². The van der Waals surface area contributed by atoms with Crippen molar-refractivity contribution < 1.29 is 4.79 Å². The number of aromatic nitrogens is 2. The lowest BCUT2D eigenvalue weighted by molar-refractivity contribution is 0.0938. The van der Waals surface area contributed by atoms with Crippen LogP contribution in [0.25, 0.3) is 11.0 Å². The average molecular weight is 391 g/mol. The van der Waals surface area contributed by atoms with Crippen LogP contribution in [-0.4, -0.2) is 22.4 Å². The molecule has 146 valence electrons. The predicted molar refractivity (Wildman–Crippen MR) is 117 cm³/mol. The van der Waals surface area contributed by atoms with Crippen LogP contribution in [-0.2, 0) is 0 Å². The summed E-state index contributed by atoms with van der Waals surface area (Å²) in [7, 11) is 0. The molecule has 0 saturated carbocycles. The molecule has 1 N–H and O–H groups in total. The summed E-state index contributed by atoms with van der Waals surface area (Å²) in [4.78, 5) is 21.7. The second-order valence-corrected chi connectivity index (χ2v) is 8.24. The summed E-state index contributed by atoms with van der Waals surface area (Å²) >= 11 is 0. The highest BCUT2D eigenvalue weighted by atomic mass is 16.1. The van der Waals surface area contributed by atoms with E-state index in [4.69, 9.17) is 0 Å². The Morgan fingerprint density at radius 1 is 0.833 bits per heavy atom. The molecule has 1 aromatic heterocycles. The van der Waals surface area contributed by atoms with Crippen molar-refractivity contribution in [2.45, 2.75) is 18.3 Å². The molecule has 4 nitrogen and oxygen atoms in total. The van der Waals surface area contributed by atoms with Gasteiger partial charge >= 0.3 is 0 Å². The normalized spacial score (nSPS) is 21.1. The number of amides is 1. The van der Waals surface area contributed by atoms with Gasteiger partial charge in [-0.05, 0) is 46.7 Å². The number of carbonyl (C=O) groups excluding carboxylic acids is 1. The molecule has 4 aromatic rings. The van der Waals surface area contributed by atoms with Gasteiger partial charge in [0.2, 0.25) is 0 Å². The van der Waals surface area contributed by atoms with Crippen LogP contribution in [0.5, 0.6) is 0 Å². The molecule has 0 fully saturated rings. The first-order valence-electron chi connectivity index (χ1n) is 10.5. The summed E-state index contributed by atoms with van der Waals surface area (Å²) < 4.78 is 0. The van der Waals surface area contributed by atoms with Crippen LogP contribution in [0.1, 0.15) is 51.0 Å². The quantitative estimate of drug-likeness (QED) is 0.553. The molecule has 1 atom stereocenters. The Hall–Kier alpha value is -3.53. The first-order valence-corrected chi connectivity index (χ1v) is 10.5. The van der Waals surface area contributed by atoms with E-state index in [1.807, 2.05) is 24.3 Å². The van der Waals surface area contributed by atoms with Gasteiger partial charge in [0.05, 0.1) is 17.2 Å². The molecule has 1 unspecified atom stereocenters. The summed E-state index contributed by atoms with van der Waals surface area (Å²) in [5.74, 6) is 0.948. The summed E-state index contributed by atoms with van der Waals surface area (Å²) in [5.41, 5.74) is 7.63. The van der Waals surface area contributed by atoms with Crippen LogP contribution in [0.4, 0.5) is 0 Å². The minimum absolute atomic E-state index is 0.156. The zero-order chi connectivity index (χ0) is 20.1. The molecule has 3 aliphatic rings. The molecule has 1 heterocycles. The van der Waals surface area contributed by atoms with E-state index in [2.05, 4.69) is 63.8 Å².